The number of hydrogen-bond acceptors (Lipinski definition) is 6. The van der Waals surface area contributed by atoms with Crippen LogP contribution in [0.2, 0.25) is 0 Å². The van der Waals surface area contributed by atoms with E-state index in [0.717, 1.165) is 15.8 Å². The zero-order chi connectivity index (χ0) is 17.4. The van der Waals surface area contributed by atoms with Gasteiger partial charge in [-0.15, -0.1) is 23.4 Å². The van der Waals surface area contributed by atoms with Crippen LogP contribution in [0.3, 0.4) is 0 Å². The van der Waals surface area contributed by atoms with Crippen LogP contribution < -0.4 is 22.2 Å². The number of nitrogens with one attached hydrogen (secondary N) is 3. The molecule has 0 aromatic carbocycles. The van der Waals surface area contributed by atoms with E-state index in [1.54, 1.807) is 6.26 Å². The molecule has 0 aliphatic carbocycles. The highest BCUT2D eigenvalue weighted by molar-refractivity contribution is 7.98. The molecule has 0 aliphatic heterocycles. The molecule has 2 amide bonds. The highest BCUT2D eigenvalue weighted by Crippen LogP contribution is 2.21. The molecule has 1 aromatic rings. The van der Waals surface area contributed by atoms with E-state index in [9.17, 15) is 24.0 Å². The van der Waals surface area contributed by atoms with Gasteiger partial charge in [-0.2, -0.15) is 4.39 Å². The van der Waals surface area contributed by atoms with Gasteiger partial charge in [-0.25, -0.2) is 9.59 Å². The van der Waals surface area contributed by atoms with Crippen molar-refractivity contribution in [2.24, 2.45) is 0 Å². The molecule has 1 aromatic heterocycles. The third-order valence-electron chi connectivity index (χ3n) is 2.84. The van der Waals surface area contributed by atoms with E-state index in [0.29, 0.717) is 0 Å². The van der Waals surface area contributed by atoms with Gasteiger partial charge in [0.1, 0.15) is 0 Å². The minimum Gasteiger partial charge on any atom is -0.770 e. The zero-order valence-electron chi connectivity index (χ0n) is 12.2. The zero-order valence-corrected chi connectivity index (χ0v) is 13.7. The first-order chi connectivity index (χ1) is 10.9. The predicted molar refractivity (Wildman–Crippen MR) is 85.8 cm³/mol. The summed E-state index contributed by atoms with van der Waals surface area (Å²) in [6.07, 6.45) is 2.79. The molecular weight excluding hydrogens is 353 g/mol. The Morgan fingerprint density at radius 2 is 2.30 bits per heavy atom. The Balaban J connectivity index is 2.68. The van der Waals surface area contributed by atoms with E-state index in [1.807, 2.05) is 4.98 Å². The van der Waals surface area contributed by atoms with Crippen molar-refractivity contribution >= 4 is 29.4 Å². The van der Waals surface area contributed by atoms with Gasteiger partial charge in [0.15, 0.2) is 0 Å². The number of thioether (sulfide) groups is 1. The third-order valence-corrected chi connectivity index (χ3v) is 4.01. The number of urea groups is 1. The van der Waals surface area contributed by atoms with Crippen LogP contribution >= 0.6 is 23.4 Å². The Kier molecular flexibility index (Phi) is 8.09. The second kappa shape index (κ2) is 9.55. The fourth-order valence-electron chi connectivity index (χ4n) is 1.72. The lowest BCUT2D eigenvalue weighted by atomic mass is 10.4. The largest absolute Gasteiger partial charge is 0.770 e. The molecule has 0 saturated heterocycles. The molecule has 9 nitrogen and oxygen atoms in total. The van der Waals surface area contributed by atoms with Gasteiger partial charge < -0.3 is 16.1 Å². The standard InChI is InChI=1S/C11H16ClFN5O4S/c1-23-8(17-6-7(13)9(19)15-11(17)21)2-4-14-10(20)18(16-22)5-3-12/h6,8,16H,2-5H2,1H3,(H,14,20)(H,15,19,21)/q-1. The molecule has 3 N–H and O–H groups in total. The normalized spacial score (nSPS) is 12.0. The molecule has 1 atom stereocenters. The fraction of sp³-hybridized carbons (Fsp3) is 0.545. The Morgan fingerprint density at radius 3 is 2.87 bits per heavy atom. The Bertz CT molecular complexity index is 640. The summed E-state index contributed by atoms with van der Waals surface area (Å²) in [7, 11) is 0. The first kappa shape index (κ1) is 19.5. The number of aromatic amines is 1. The summed E-state index contributed by atoms with van der Waals surface area (Å²) in [4.78, 5) is 36.2. The highest BCUT2D eigenvalue weighted by Gasteiger charge is 2.15. The van der Waals surface area contributed by atoms with Crippen molar-refractivity contribution in [1.29, 1.82) is 0 Å². The van der Waals surface area contributed by atoms with Crippen molar-refractivity contribution in [3.8, 4) is 0 Å². The quantitative estimate of drug-likeness (QED) is 0.444. The van der Waals surface area contributed by atoms with Gasteiger partial charge in [-0.1, -0.05) is 0 Å². The topological polar surface area (TPSA) is 122 Å². The van der Waals surface area contributed by atoms with Crippen LogP contribution in [0.25, 0.3) is 0 Å². The molecular formula is C11H16ClFN5O4S-. The molecule has 0 spiro atoms. The monoisotopic (exact) mass is 368 g/mol. The van der Waals surface area contributed by atoms with E-state index in [2.05, 4.69) is 5.32 Å². The lowest BCUT2D eigenvalue weighted by Crippen LogP contribution is -2.47. The van der Waals surface area contributed by atoms with Crippen LogP contribution in [0.1, 0.15) is 11.8 Å². The molecule has 12 heteroatoms. The number of halogens is 2. The molecule has 0 fully saturated rings. The van der Waals surface area contributed by atoms with E-state index in [1.165, 1.54) is 17.4 Å². The van der Waals surface area contributed by atoms with Gasteiger partial charge >= 0.3 is 11.7 Å². The number of carbonyl (C=O) groups excluding carboxylic acids is 1. The van der Waals surface area contributed by atoms with Gasteiger partial charge in [0.25, 0.3) is 5.56 Å². The van der Waals surface area contributed by atoms with Crippen LogP contribution in [0.15, 0.2) is 15.8 Å². The van der Waals surface area contributed by atoms with Crippen molar-refractivity contribution in [1.82, 2.24) is 25.5 Å². The number of hydrogen-bond donors (Lipinski definition) is 3. The molecule has 1 rings (SSSR count). The number of hydrazine groups is 1. The van der Waals surface area contributed by atoms with Gasteiger partial charge in [0, 0.05) is 12.4 Å². The summed E-state index contributed by atoms with van der Waals surface area (Å²) < 4.78 is 14.3. The van der Waals surface area contributed by atoms with Crippen LogP contribution in [-0.2, 0) is 0 Å². The summed E-state index contributed by atoms with van der Waals surface area (Å²) in [6.45, 7) is 0.144. The minimum atomic E-state index is -1.09. The van der Waals surface area contributed by atoms with E-state index < -0.39 is 28.5 Å². The molecule has 130 valence electrons. The molecule has 23 heavy (non-hydrogen) atoms. The predicted octanol–water partition coefficient (Wildman–Crippen LogP) is 0.180. The number of rotatable bonds is 8. The molecule has 0 aliphatic rings. The van der Waals surface area contributed by atoms with E-state index in [4.69, 9.17) is 11.6 Å². The molecule has 1 heterocycles. The van der Waals surface area contributed by atoms with Crippen molar-refractivity contribution in [2.75, 3.05) is 25.2 Å². The summed E-state index contributed by atoms with van der Waals surface area (Å²) in [6, 6.07) is -0.666. The lowest BCUT2D eigenvalue weighted by Gasteiger charge is -2.26. The third kappa shape index (κ3) is 5.53. The van der Waals surface area contributed by atoms with Crippen molar-refractivity contribution in [2.45, 2.75) is 11.8 Å². The van der Waals surface area contributed by atoms with Crippen LogP contribution in [0.5, 0.6) is 0 Å². The van der Waals surface area contributed by atoms with Crippen LogP contribution in [-0.4, -0.2) is 45.8 Å². The Labute approximate surface area is 139 Å². The summed E-state index contributed by atoms with van der Waals surface area (Å²) >= 11 is 6.68. The molecule has 0 radical (unpaired) electrons. The highest BCUT2D eigenvalue weighted by atomic mass is 35.5. The van der Waals surface area contributed by atoms with Crippen LogP contribution in [0, 0.1) is 11.0 Å². The maximum Gasteiger partial charge on any atom is 0.330 e. The van der Waals surface area contributed by atoms with Gasteiger partial charge in [-0.05, 0) is 12.7 Å². The molecule has 1 unspecified atom stereocenters. The van der Waals surface area contributed by atoms with Crippen molar-refractivity contribution in [3.63, 3.8) is 0 Å². The fourth-order valence-corrected chi connectivity index (χ4v) is 2.62. The number of aromatic nitrogens is 2. The van der Waals surface area contributed by atoms with E-state index >= 15 is 0 Å². The number of carbonyl (C=O) groups is 1. The average molecular weight is 369 g/mol. The average Bonchev–Trinajstić information content (AvgIpc) is 2.53. The first-order valence-corrected chi connectivity index (χ1v) is 8.29. The molecule has 0 saturated carbocycles. The van der Waals surface area contributed by atoms with Crippen molar-refractivity contribution in [3.05, 3.63) is 38.1 Å². The summed E-state index contributed by atoms with van der Waals surface area (Å²) in [5.74, 6) is -0.987. The SMILES string of the molecule is CSC(CCNC(=O)N(CCCl)N[O-])n1cc(F)c(=O)[nH]c1=O. The molecule has 0 bridgehead atoms. The Hall–Kier alpha value is -1.56. The number of nitrogens with zero attached hydrogens (tertiary/aromatic N) is 2. The first-order valence-electron chi connectivity index (χ1n) is 6.47. The number of H-pyrrole nitrogens is 1. The number of amides is 2. The maximum absolute atomic E-state index is 13.3. The maximum atomic E-state index is 13.3. The smallest absolute Gasteiger partial charge is 0.330 e. The minimum absolute atomic E-state index is 0.0213. The lowest BCUT2D eigenvalue weighted by molar-refractivity contribution is 0.186. The van der Waals surface area contributed by atoms with Crippen LogP contribution in [0.4, 0.5) is 9.18 Å². The second-order valence-corrected chi connectivity index (χ2v) is 5.68. The van der Waals surface area contributed by atoms with Gasteiger partial charge in [0.2, 0.25) is 5.82 Å². The summed E-state index contributed by atoms with van der Waals surface area (Å²) in [5, 5.41) is 13.3. The Morgan fingerprint density at radius 1 is 1.61 bits per heavy atom. The second-order valence-electron chi connectivity index (χ2n) is 4.29. The van der Waals surface area contributed by atoms with Gasteiger partial charge in [0.05, 0.1) is 18.1 Å². The van der Waals surface area contributed by atoms with Gasteiger partial charge in [-0.3, -0.25) is 19.4 Å². The van der Waals surface area contributed by atoms with E-state index in [-0.39, 0.29) is 25.4 Å². The number of alkyl halides is 1. The summed E-state index contributed by atoms with van der Waals surface area (Å²) in [5.41, 5.74) is -0.382. The van der Waals surface area contributed by atoms with Crippen molar-refractivity contribution < 1.29 is 9.18 Å².